The van der Waals surface area contributed by atoms with Gasteiger partial charge in [-0.15, -0.1) is 13.2 Å². The van der Waals surface area contributed by atoms with Crippen LogP contribution in [0.2, 0.25) is 0 Å². The summed E-state index contributed by atoms with van der Waals surface area (Å²) >= 11 is 0. The van der Waals surface area contributed by atoms with Gasteiger partial charge in [-0.1, -0.05) is 25.0 Å². The van der Waals surface area contributed by atoms with Crippen molar-refractivity contribution < 1.29 is 33.8 Å². The van der Waals surface area contributed by atoms with Crippen LogP contribution in [0.3, 0.4) is 0 Å². The van der Waals surface area contributed by atoms with E-state index < -0.39 is 53.2 Å². The number of esters is 1. The van der Waals surface area contributed by atoms with Crippen LogP contribution >= 0.6 is 0 Å². The van der Waals surface area contributed by atoms with E-state index in [1.807, 2.05) is 6.08 Å². The van der Waals surface area contributed by atoms with Crippen LogP contribution in [0.4, 0.5) is 4.79 Å². The second-order valence-electron chi connectivity index (χ2n) is 10.7. The molecule has 5 atom stereocenters. The average Bonchev–Trinajstić information content (AvgIpc) is 3.39. The molecule has 3 amide bonds. The first-order valence-corrected chi connectivity index (χ1v) is 13.1. The third kappa shape index (κ3) is 8.31. The number of ether oxygens (including phenoxy) is 2. The second-order valence-corrected chi connectivity index (χ2v) is 10.7. The van der Waals surface area contributed by atoms with E-state index in [4.69, 9.17) is 9.47 Å². The Morgan fingerprint density at radius 1 is 1.19 bits per heavy atom. The van der Waals surface area contributed by atoms with Crippen LogP contribution in [0.15, 0.2) is 25.3 Å². The number of unbranched alkanes of at least 4 members (excludes halogenated alkanes) is 3. The number of aliphatic hydroxyl groups is 1. The normalized spacial score (nSPS) is 25.5. The van der Waals surface area contributed by atoms with Gasteiger partial charge >= 0.3 is 12.1 Å². The highest BCUT2D eigenvalue weighted by molar-refractivity contribution is 5.96. The Bertz CT molecular complexity index is 869. The molecular formula is C27H43N3O7. The number of likely N-dealkylation sites (tertiary alicyclic amines) is 1. The number of rotatable bonds is 13. The molecule has 1 aliphatic carbocycles. The molecule has 1 saturated heterocycles. The molecular weight excluding hydrogens is 478 g/mol. The van der Waals surface area contributed by atoms with Gasteiger partial charge in [0.05, 0.1) is 12.7 Å². The summed E-state index contributed by atoms with van der Waals surface area (Å²) in [7, 11) is 0. The summed E-state index contributed by atoms with van der Waals surface area (Å²) in [5, 5.41) is 15.8. The second kappa shape index (κ2) is 13.1. The number of amides is 3. The zero-order valence-corrected chi connectivity index (χ0v) is 22.6. The minimum atomic E-state index is -1.21. The van der Waals surface area contributed by atoms with Crippen molar-refractivity contribution in [3.8, 4) is 0 Å². The first-order valence-electron chi connectivity index (χ1n) is 13.1. The van der Waals surface area contributed by atoms with E-state index in [0.29, 0.717) is 19.3 Å². The van der Waals surface area contributed by atoms with Gasteiger partial charge in [0.15, 0.2) is 0 Å². The van der Waals surface area contributed by atoms with Crippen LogP contribution in [0.5, 0.6) is 0 Å². The lowest BCUT2D eigenvalue weighted by Gasteiger charge is -2.30. The number of nitrogens with one attached hydrogen (secondary N) is 2. The molecule has 0 aromatic heterocycles. The Morgan fingerprint density at radius 3 is 2.46 bits per heavy atom. The van der Waals surface area contributed by atoms with Gasteiger partial charge < -0.3 is 30.1 Å². The summed E-state index contributed by atoms with van der Waals surface area (Å²) in [6.07, 6.45) is 5.77. The lowest BCUT2D eigenvalue weighted by Crippen LogP contribution is -2.56. The molecule has 2 rings (SSSR count). The molecule has 10 nitrogen and oxygen atoms in total. The number of allylic oxidation sites excluding steroid dienone is 1. The van der Waals surface area contributed by atoms with Crippen molar-refractivity contribution in [2.75, 3.05) is 13.2 Å². The van der Waals surface area contributed by atoms with Gasteiger partial charge in [-0.05, 0) is 53.4 Å². The fourth-order valence-corrected chi connectivity index (χ4v) is 4.59. The maximum absolute atomic E-state index is 13.6. The predicted molar refractivity (Wildman–Crippen MR) is 138 cm³/mol. The summed E-state index contributed by atoms with van der Waals surface area (Å²) in [5.41, 5.74) is -1.96. The van der Waals surface area contributed by atoms with Crippen molar-refractivity contribution in [2.24, 2.45) is 5.92 Å². The molecule has 208 valence electrons. The molecule has 2 aliphatic rings. The number of alkyl carbamates (subject to hydrolysis) is 1. The fraction of sp³-hybridized carbons (Fsp3) is 0.704. The van der Waals surface area contributed by atoms with Gasteiger partial charge in [0.1, 0.15) is 23.2 Å². The summed E-state index contributed by atoms with van der Waals surface area (Å²) in [6, 6.07) is -1.93. The van der Waals surface area contributed by atoms with Gasteiger partial charge in [0.25, 0.3) is 0 Å². The summed E-state index contributed by atoms with van der Waals surface area (Å²) in [5.74, 6) is -1.85. The Morgan fingerprint density at radius 2 is 1.89 bits per heavy atom. The van der Waals surface area contributed by atoms with E-state index in [1.165, 1.54) is 4.90 Å². The van der Waals surface area contributed by atoms with E-state index in [9.17, 15) is 24.3 Å². The zero-order chi connectivity index (χ0) is 27.8. The number of aliphatic hydroxyl groups excluding tert-OH is 1. The third-order valence-corrected chi connectivity index (χ3v) is 6.54. The smallest absolute Gasteiger partial charge is 0.408 e. The first-order chi connectivity index (χ1) is 17.4. The van der Waals surface area contributed by atoms with E-state index in [0.717, 1.165) is 19.3 Å². The molecule has 0 radical (unpaired) electrons. The topological polar surface area (TPSA) is 134 Å². The van der Waals surface area contributed by atoms with Gasteiger partial charge in [0, 0.05) is 18.9 Å². The van der Waals surface area contributed by atoms with Crippen molar-refractivity contribution in [1.29, 1.82) is 0 Å². The summed E-state index contributed by atoms with van der Waals surface area (Å²) in [4.78, 5) is 53.3. The molecule has 10 heteroatoms. The lowest BCUT2D eigenvalue weighted by atomic mass is 10.0. The SMILES string of the molecule is C=CCCCCC[C@H](NC(=O)OC(C)(C)C)C(=O)N1C[C@@H](O)CC1C(=O)N[C@]1(C(=O)OCC)C[C@H]1C=C. The highest BCUT2D eigenvalue weighted by Gasteiger charge is 2.62. The van der Waals surface area contributed by atoms with Crippen LogP contribution < -0.4 is 10.6 Å². The highest BCUT2D eigenvalue weighted by atomic mass is 16.6. The maximum Gasteiger partial charge on any atom is 0.408 e. The Labute approximate surface area is 219 Å². The van der Waals surface area contributed by atoms with Crippen molar-refractivity contribution in [1.82, 2.24) is 15.5 Å². The molecule has 0 aromatic rings. The largest absolute Gasteiger partial charge is 0.464 e. The van der Waals surface area contributed by atoms with Crippen LogP contribution in [0.25, 0.3) is 0 Å². The van der Waals surface area contributed by atoms with Crippen molar-refractivity contribution >= 4 is 23.9 Å². The van der Waals surface area contributed by atoms with Crippen LogP contribution in [0, 0.1) is 5.92 Å². The highest BCUT2D eigenvalue weighted by Crippen LogP contribution is 2.45. The molecule has 0 spiro atoms. The molecule has 3 N–H and O–H groups in total. The fourth-order valence-electron chi connectivity index (χ4n) is 4.59. The molecule has 2 fully saturated rings. The van der Waals surface area contributed by atoms with Crippen molar-refractivity contribution in [3.63, 3.8) is 0 Å². The lowest BCUT2D eigenvalue weighted by molar-refractivity contribution is -0.150. The quantitative estimate of drug-likeness (QED) is 0.193. The molecule has 0 aromatic carbocycles. The molecule has 0 bridgehead atoms. The standard InChI is InChI=1S/C27H43N3O7/c1-7-10-11-12-13-14-20(28-25(35)37-26(4,5)6)23(33)30-17-19(31)15-21(30)22(32)29-27(16-18(27)8-2)24(34)36-9-3/h7-8,18-21,31H,1-2,9-17H2,3-6H3,(H,28,35)(H,29,32)/t18-,19+,20+,21?,27-/m1/s1. The number of hydrogen-bond donors (Lipinski definition) is 3. The van der Waals surface area contributed by atoms with Crippen molar-refractivity contribution in [2.45, 2.75) is 102 Å². The number of β-amino-alcohol motifs (C(OH)–C–C–N with tert-alkyl or cyclic N) is 1. The third-order valence-electron chi connectivity index (χ3n) is 6.54. The van der Waals surface area contributed by atoms with E-state index in [1.54, 1.807) is 33.8 Å². The Kier molecular flexibility index (Phi) is 10.7. The predicted octanol–water partition coefficient (Wildman–Crippen LogP) is 2.60. The van der Waals surface area contributed by atoms with Gasteiger partial charge in [-0.25, -0.2) is 9.59 Å². The molecule has 1 heterocycles. The van der Waals surface area contributed by atoms with Crippen molar-refractivity contribution in [3.05, 3.63) is 25.3 Å². The minimum Gasteiger partial charge on any atom is -0.464 e. The maximum atomic E-state index is 13.6. The van der Waals surface area contributed by atoms with Crippen LogP contribution in [-0.4, -0.2) is 76.4 Å². The van der Waals surface area contributed by atoms with E-state index in [2.05, 4.69) is 23.8 Å². The zero-order valence-electron chi connectivity index (χ0n) is 22.6. The summed E-state index contributed by atoms with van der Waals surface area (Å²) < 4.78 is 10.5. The van der Waals surface area contributed by atoms with E-state index in [-0.39, 0.29) is 25.5 Å². The number of nitrogens with zero attached hydrogens (tertiary/aromatic N) is 1. The van der Waals surface area contributed by atoms with Gasteiger partial charge in [-0.2, -0.15) is 0 Å². The molecule has 37 heavy (non-hydrogen) atoms. The number of carbonyl (C=O) groups is 4. The summed E-state index contributed by atoms with van der Waals surface area (Å²) in [6.45, 7) is 14.4. The number of carbonyl (C=O) groups excluding carboxylic acids is 4. The van der Waals surface area contributed by atoms with E-state index >= 15 is 0 Å². The van der Waals surface area contributed by atoms with Gasteiger partial charge in [0.2, 0.25) is 11.8 Å². The van der Waals surface area contributed by atoms with Crippen LogP contribution in [-0.2, 0) is 23.9 Å². The van der Waals surface area contributed by atoms with Gasteiger partial charge in [-0.3, -0.25) is 9.59 Å². The van der Waals surface area contributed by atoms with Crippen LogP contribution in [0.1, 0.15) is 72.6 Å². The Balaban J connectivity index is 2.17. The minimum absolute atomic E-state index is 0.0216. The molecule has 1 unspecified atom stereocenters. The number of hydrogen-bond acceptors (Lipinski definition) is 7. The first kappa shape index (κ1) is 30.3. The molecule has 1 aliphatic heterocycles. The Hall–Kier alpha value is -2.88. The molecule has 1 saturated carbocycles. The average molecular weight is 522 g/mol. The monoisotopic (exact) mass is 521 g/mol.